The minimum absolute atomic E-state index is 0.0294. The molecule has 0 unspecified atom stereocenters. The van der Waals surface area contributed by atoms with Crippen LogP contribution in [0.15, 0.2) is 54.7 Å². The number of benzene rings is 2. The van der Waals surface area contributed by atoms with Crippen LogP contribution in [0.2, 0.25) is 5.02 Å². The fourth-order valence-corrected chi connectivity index (χ4v) is 3.61. The SMILES string of the molecule is O=C(Cc1ccccc1)Nc1ncc(Cc2cc(Cl)ccc2C(F)(F)F)s1. The van der Waals surface area contributed by atoms with E-state index in [2.05, 4.69) is 10.3 Å². The van der Waals surface area contributed by atoms with Crippen molar-refractivity contribution in [2.24, 2.45) is 0 Å². The Balaban J connectivity index is 1.70. The number of halogens is 4. The zero-order valence-corrected chi connectivity index (χ0v) is 15.5. The van der Waals surface area contributed by atoms with Crippen molar-refractivity contribution in [3.05, 3.63) is 81.3 Å². The zero-order valence-electron chi connectivity index (χ0n) is 13.9. The topological polar surface area (TPSA) is 42.0 Å². The first-order valence-corrected chi connectivity index (χ1v) is 9.15. The van der Waals surface area contributed by atoms with Gasteiger partial charge < -0.3 is 5.32 Å². The van der Waals surface area contributed by atoms with Crippen LogP contribution in [0.5, 0.6) is 0 Å². The van der Waals surface area contributed by atoms with Crippen molar-refractivity contribution in [2.75, 3.05) is 5.32 Å². The van der Waals surface area contributed by atoms with Crippen molar-refractivity contribution in [1.82, 2.24) is 4.98 Å². The van der Waals surface area contributed by atoms with Crippen LogP contribution in [0, 0.1) is 0 Å². The molecule has 1 amide bonds. The first-order chi connectivity index (χ1) is 12.8. The van der Waals surface area contributed by atoms with E-state index in [0.29, 0.717) is 10.0 Å². The molecule has 1 N–H and O–H groups in total. The van der Waals surface area contributed by atoms with Gasteiger partial charge >= 0.3 is 6.18 Å². The summed E-state index contributed by atoms with van der Waals surface area (Å²) in [5, 5.41) is 3.26. The molecule has 1 heterocycles. The van der Waals surface area contributed by atoms with Crippen LogP contribution in [0.25, 0.3) is 0 Å². The largest absolute Gasteiger partial charge is 0.416 e. The zero-order chi connectivity index (χ0) is 19.4. The molecule has 2 aromatic carbocycles. The van der Waals surface area contributed by atoms with Gasteiger partial charge in [-0.1, -0.05) is 41.9 Å². The van der Waals surface area contributed by atoms with Crippen molar-refractivity contribution in [1.29, 1.82) is 0 Å². The van der Waals surface area contributed by atoms with Gasteiger partial charge in [0.05, 0.1) is 12.0 Å². The van der Waals surface area contributed by atoms with Gasteiger partial charge in [0.1, 0.15) is 0 Å². The minimum atomic E-state index is -4.46. The van der Waals surface area contributed by atoms with Gasteiger partial charge in [0.2, 0.25) is 5.91 Å². The van der Waals surface area contributed by atoms with Crippen molar-refractivity contribution >= 4 is 34.0 Å². The van der Waals surface area contributed by atoms with E-state index < -0.39 is 11.7 Å². The molecule has 0 spiro atoms. The highest BCUT2D eigenvalue weighted by atomic mass is 35.5. The lowest BCUT2D eigenvalue weighted by molar-refractivity contribution is -0.138. The fraction of sp³-hybridized carbons (Fsp3) is 0.158. The van der Waals surface area contributed by atoms with Crippen molar-refractivity contribution in [2.45, 2.75) is 19.0 Å². The summed E-state index contributed by atoms with van der Waals surface area (Å²) in [6.45, 7) is 0. The standard InChI is InChI=1S/C19H14ClF3N2OS/c20-14-6-7-16(19(21,22)23)13(9-14)10-15-11-24-18(27-15)25-17(26)8-12-4-2-1-3-5-12/h1-7,9,11H,8,10H2,(H,24,25,26). The third-order valence-electron chi connectivity index (χ3n) is 3.74. The summed E-state index contributed by atoms with van der Waals surface area (Å²) < 4.78 is 39.5. The second kappa shape index (κ2) is 8.10. The Morgan fingerprint density at radius 1 is 1.15 bits per heavy atom. The van der Waals surface area contributed by atoms with E-state index in [1.807, 2.05) is 30.3 Å². The summed E-state index contributed by atoms with van der Waals surface area (Å²) in [7, 11) is 0. The number of carbonyl (C=O) groups is 1. The number of nitrogens with one attached hydrogen (secondary N) is 1. The van der Waals surface area contributed by atoms with Crippen LogP contribution in [0.3, 0.4) is 0 Å². The summed E-state index contributed by atoms with van der Waals surface area (Å²) in [6.07, 6.45) is -2.77. The van der Waals surface area contributed by atoms with E-state index in [1.165, 1.54) is 18.3 Å². The Bertz CT molecular complexity index is 942. The van der Waals surface area contributed by atoms with E-state index in [1.54, 1.807) is 0 Å². The van der Waals surface area contributed by atoms with Crippen molar-refractivity contribution in [3.63, 3.8) is 0 Å². The number of rotatable bonds is 5. The van der Waals surface area contributed by atoms with Gasteiger partial charge in [-0.15, -0.1) is 11.3 Å². The Hall–Kier alpha value is -2.38. The molecule has 0 aliphatic rings. The van der Waals surface area contributed by atoms with Crippen LogP contribution < -0.4 is 5.32 Å². The van der Waals surface area contributed by atoms with E-state index in [4.69, 9.17) is 11.6 Å². The van der Waals surface area contributed by atoms with E-state index >= 15 is 0 Å². The summed E-state index contributed by atoms with van der Waals surface area (Å²) >= 11 is 6.99. The Morgan fingerprint density at radius 3 is 2.59 bits per heavy atom. The molecule has 0 radical (unpaired) electrons. The van der Waals surface area contributed by atoms with Gasteiger partial charge in [-0.3, -0.25) is 4.79 Å². The van der Waals surface area contributed by atoms with E-state index in [-0.39, 0.29) is 29.3 Å². The molecule has 0 saturated heterocycles. The van der Waals surface area contributed by atoms with E-state index in [0.717, 1.165) is 23.0 Å². The second-order valence-electron chi connectivity index (χ2n) is 5.82. The highest BCUT2D eigenvalue weighted by molar-refractivity contribution is 7.15. The number of hydrogen-bond donors (Lipinski definition) is 1. The number of aromatic nitrogens is 1. The summed E-state index contributed by atoms with van der Waals surface area (Å²) in [4.78, 5) is 16.7. The van der Waals surface area contributed by atoms with Crippen LogP contribution in [0.1, 0.15) is 21.6 Å². The molecule has 0 atom stereocenters. The van der Waals surface area contributed by atoms with Crippen molar-refractivity contribution < 1.29 is 18.0 Å². The molecule has 3 nitrogen and oxygen atoms in total. The molecule has 27 heavy (non-hydrogen) atoms. The number of carbonyl (C=O) groups excluding carboxylic acids is 1. The third-order valence-corrected chi connectivity index (χ3v) is 4.89. The first-order valence-electron chi connectivity index (χ1n) is 7.95. The highest BCUT2D eigenvalue weighted by Gasteiger charge is 2.33. The predicted octanol–water partition coefficient (Wildman–Crippen LogP) is 5.59. The Labute approximate surface area is 162 Å². The second-order valence-corrected chi connectivity index (χ2v) is 7.37. The average Bonchev–Trinajstić information content (AvgIpc) is 3.01. The molecule has 140 valence electrons. The van der Waals surface area contributed by atoms with Gasteiger partial charge in [0.25, 0.3) is 0 Å². The summed E-state index contributed by atoms with van der Waals surface area (Å²) in [5.41, 5.74) is 0.205. The highest BCUT2D eigenvalue weighted by Crippen LogP contribution is 2.35. The number of thiazole rings is 1. The van der Waals surface area contributed by atoms with Gasteiger partial charge in [0.15, 0.2) is 5.13 Å². The molecule has 1 aromatic heterocycles. The molecule has 0 aliphatic carbocycles. The van der Waals surface area contributed by atoms with Crippen LogP contribution in [-0.4, -0.2) is 10.9 Å². The molecule has 0 aliphatic heterocycles. The molecule has 0 bridgehead atoms. The maximum absolute atomic E-state index is 13.2. The number of amides is 1. The fourth-order valence-electron chi connectivity index (χ4n) is 2.56. The maximum atomic E-state index is 13.2. The monoisotopic (exact) mass is 410 g/mol. The molecule has 3 aromatic rings. The lowest BCUT2D eigenvalue weighted by Crippen LogP contribution is -2.13. The third kappa shape index (κ3) is 5.30. The van der Waals surface area contributed by atoms with Crippen LogP contribution in [0.4, 0.5) is 18.3 Å². The molecule has 0 fully saturated rings. The maximum Gasteiger partial charge on any atom is 0.416 e. The van der Waals surface area contributed by atoms with Gasteiger partial charge in [-0.05, 0) is 29.3 Å². The van der Waals surface area contributed by atoms with E-state index in [9.17, 15) is 18.0 Å². The summed E-state index contributed by atoms with van der Waals surface area (Å²) in [5.74, 6) is -0.235. The quantitative estimate of drug-likeness (QED) is 0.596. The smallest absolute Gasteiger partial charge is 0.302 e. The van der Waals surface area contributed by atoms with Gasteiger partial charge in [0, 0.05) is 22.5 Å². The Morgan fingerprint density at radius 2 is 1.89 bits per heavy atom. The number of hydrogen-bond acceptors (Lipinski definition) is 3. The Kier molecular flexibility index (Phi) is 5.82. The van der Waals surface area contributed by atoms with Crippen LogP contribution >= 0.6 is 22.9 Å². The minimum Gasteiger partial charge on any atom is -0.302 e. The lowest BCUT2D eigenvalue weighted by atomic mass is 10.0. The number of nitrogens with zero attached hydrogens (tertiary/aromatic N) is 1. The molecular formula is C19H14ClF3N2OS. The normalized spacial score (nSPS) is 11.4. The first kappa shape index (κ1) is 19.4. The lowest BCUT2D eigenvalue weighted by Gasteiger charge is -2.12. The van der Waals surface area contributed by atoms with Gasteiger partial charge in [-0.2, -0.15) is 13.2 Å². The van der Waals surface area contributed by atoms with Crippen molar-refractivity contribution in [3.8, 4) is 0 Å². The molecule has 3 rings (SSSR count). The molecule has 8 heteroatoms. The predicted molar refractivity (Wildman–Crippen MR) is 100 cm³/mol. The summed E-state index contributed by atoms with van der Waals surface area (Å²) in [6, 6.07) is 12.7. The molecule has 0 saturated carbocycles. The van der Waals surface area contributed by atoms with Crippen LogP contribution in [-0.2, 0) is 23.8 Å². The molecular weight excluding hydrogens is 397 g/mol. The number of alkyl halides is 3. The number of anilines is 1. The average molecular weight is 411 g/mol. The van der Waals surface area contributed by atoms with Gasteiger partial charge in [-0.25, -0.2) is 4.98 Å².